The predicted molar refractivity (Wildman–Crippen MR) is 93.7 cm³/mol. The van der Waals surface area contributed by atoms with Gasteiger partial charge >= 0.3 is 5.97 Å². The first kappa shape index (κ1) is 19.9. The summed E-state index contributed by atoms with van der Waals surface area (Å²) < 4.78 is 5.23. The second-order valence-electron chi connectivity index (χ2n) is 5.71. The van der Waals surface area contributed by atoms with E-state index in [1.165, 1.54) is 7.11 Å². The molecule has 0 unspecified atom stereocenters. The first-order valence-electron chi connectivity index (χ1n) is 8.32. The molecule has 0 saturated carbocycles. The Morgan fingerprint density at radius 1 is 1.21 bits per heavy atom. The number of benzene rings is 1. The van der Waals surface area contributed by atoms with Crippen LogP contribution in [0, 0.1) is 0 Å². The third-order valence-electron chi connectivity index (χ3n) is 3.84. The summed E-state index contributed by atoms with van der Waals surface area (Å²) >= 11 is 0. The van der Waals surface area contributed by atoms with Crippen molar-refractivity contribution in [3.05, 3.63) is 48.6 Å². The molecule has 1 rings (SSSR count). The molecule has 0 fully saturated rings. The Morgan fingerprint density at radius 2 is 1.88 bits per heavy atom. The molecule has 24 heavy (non-hydrogen) atoms. The van der Waals surface area contributed by atoms with E-state index in [2.05, 4.69) is 11.9 Å². The van der Waals surface area contributed by atoms with Crippen LogP contribution in [-0.2, 0) is 14.3 Å². The molecule has 1 aromatic rings. The summed E-state index contributed by atoms with van der Waals surface area (Å²) in [6.07, 6.45) is 6.28. The summed E-state index contributed by atoms with van der Waals surface area (Å²) in [4.78, 5) is 23.7. The largest absolute Gasteiger partial charge is 0.480 e. The monoisotopic (exact) mass is 333 g/mol. The lowest BCUT2D eigenvalue weighted by molar-refractivity contribution is -0.144. The van der Waals surface area contributed by atoms with Crippen molar-refractivity contribution >= 4 is 11.9 Å². The van der Waals surface area contributed by atoms with E-state index in [1.54, 1.807) is 12.1 Å². The second-order valence-corrected chi connectivity index (χ2v) is 5.71. The molecule has 0 aliphatic rings. The molecule has 132 valence electrons. The quantitative estimate of drug-likeness (QED) is 0.454. The molecule has 0 spiro atoms. The summed E-state index contributed by atoms with van der Waals surface area (Å²) in [5.41, 5.74) is 0.700. The zero-order valence-corrected chi connectivity index (χ0v) is 14.2. The number of hydrogen-bond acceptors (Lipinski definition) is 3. The van der Waals surface area contributed by atoms with Crippen LogP contribution in [0.25, 0.3) is 0 Å². The zero-order chi connectivity index (χ0) is 17.8. The van der Waals surface area contributed by atoms with E-state index in [0.717, 1.165) is 32.1 Å². The van der Waals surface area contributed by atoms with E-state index in [-0.39, 0.29) is 0 Å². The first-order valence-corrected chi connectivity index (χ1v) is 8.32. The molecular weight excluding hydrogens is 306 g/mol. The molecular formula is C19H27NO4. The average Bonchev–Trinajstić information content (AvgIpc) is 2.58. The lowest BCUT2D eigenvalue weighted by atomic mass is 10.0. The minimum Gasteiger partial charge on any atom is -0.480 e. The van der Waals surface area contributed by atoms with Crippen LogP contribution in [0.15, 0.2) is 43.0 Å². The number of carbonyl (C=O) groups excluding carboxylic acids is 1. The molecule has 1 amide bonds. The summed E-state index contributed by atoms with van der Waals surface area (Å²) in [5.74, 6) is -1.44. The van der Waals surface area contributed by atoms with E-state index in [4.69, 9.17) is 4.74 Å². The summed E-state index contributed by atoms with van der Waals surface area (Å²) in [7, 11) is 1.44. The van der Waals surface area contributed by atoms with E-state index in [1.807, 2.05) is 24.3 Å². The third kappa shape index (κ3) is 6.96. The number of methoxy groups -OCH3 is 1. The van der Waals surface area contributed by atoms with Crippen LogP contribution in [0.3, 0.4) is 0 Å². The molecule has 5 heteroatoms. The van der Waals surface area contributed by atoms with Gasteiger partial charge in [0.2, 0.25) is 0 Å². The standard InChI is InChI=1S/C19H27NO4/c1-3-4-5-6-7-11-14-16(19(22)23)20-18(21)17(24-2)15-12-9-8-10-13-15/h3,8-10,12-13,16-17H,1,4-7,11,14H2,2H3,(H,20,21)(H,22,23)/t16-,17-/m1/s1. The molecule has 2 N–H and O–H groups in total. The first-order chi connectivity index (χ1) is 11.6. The number of nitrogens with one attached hydrogen (secondary N) is 1. The van der Waals surface area contributed by atoms with Crippen molar-refractivity contribution in [2.24, 2.45) is 0 Å². The highest BCUT2D eigenvalue weighted by atomic mass is 16.5. The number of carbonyl (C=O) groups is 2. The second kappa shape index (κ2) is 11.4. The molecule has 0 radical (unpaired) electrons. The molecule has 0 saturated heterocycles. The van der Waals surface area contributed by atoms with Gasteiger partial charge in [-0.1, -0.05) is 55.7 Å². The van der Waals surface area contributed by atoms with Crippen molar-refractivity contribution in [3.8, 4) is 0 Å². The Labute approximate surface area is 143 Å². The van der Waals surface area contributed by atoms with Crippen molar-refractivity contribution in [2.45, 2.75) is 50.7 Å². The molecule has 1 aromatic carbocycles. The number of hydrogen-bond donors (Lipinski definition) is 2. The molecule has 5 nitrogen and oxygen atoms in total. The van der Waals surface area contributed by atoms with Crippen molar-refractivity contribution in [1.29, 1.82) is 0 Å². The van der Waals surface area contributed by atoms with Gasteiger partial charge in [-0.15, -0.1) is 6.58 Å². The minimum absolute atomic E-state index is 0.417. The van der Waals surface area contributed by atoms with Crippen molar-refractivity contribution in [1.82, 2.24) is 5.32 Å². The van der Waals surface area contributed by atoms with E-state index < -0.39 is 24.0 Å². The molecule has 0 bridgehead atoms. The molecule has 2 atom stereocenters. The number of carboxylic acids is 1. The molecule has 0 heterocycles. The lowest BCUT2D eigenvalue weighted by Gasteiger charge is -2.19. The van der Waals surface area contributed by atoms with Gasteiger partial charge in [-0.3, -0.25) is 4.79 Å². The summed E-state index contributed by atoms with van der Waals surface area (Å²) in [5, 5.41) is 11.9. The van der Waals surface area contributed by atoms with Gasteiger partial charge in [-0.2, -0.15) is 0 Å². The van der Waals surface area contributed by atoms with Crippen LogP contribution in [0.5, 0.6) is 0 Å². The van der Waals surface area contributed by atoms with Gasteiger partial charge in [-0.05, 0) is 24.8 Å². The Kier molecular flexibility index (Phi) is 9.46. The van der Waals surface area contributed by atoms with Gasteiger partial charge < -0.3 is 15.2 Å². The predicted octanol–water partition coefficient (Wildman–Crippen LogP) is 3.47. The van der Waals surface area contributed by atoms with E-state index in [9.17, 15) is 14.7 Å². The van der Waals surface area contributed by atoms with Crippen LogP contribution in [-0.4, -0.2) is 30.1 Å². The zero-order valence-electron chi connectivity index (χ0n) is 14.2. The van der Waals surface area contributed by atoms with Crippen LogP contribution in [0.2, 0.25) is 0 Å². The van der Waals surface area contributed by atoms with Crippen molar-refractivity contribution in [3.63, 3.8) is 0 Å². The topological polar surface area (TPSA) is 75.6 Å². The van der Waals surface area contributed by atoms with E-state index in [0.29, 0.717) is 12.0 Å². The number of amides is 1. The van der Waals surface area contributed by atoms with Crippen molar-refractivity contribution in [2.75, 3.05) is 7.11 Å². The van der Waals surface area contributed by atoms with Crippen molar-refractivity contribution < 1.29 is 19.4 Å². The highest BCUT2D eigenvalue weighted by molar-refractivity contribution is 5.87. The van der Waals surface area contributed by atoms with Crippen LogP contribution < -0.4 is 5.32 Å². The normalized spacial score (nSPS) is 13.0. The van der Waals surface area contributed by atoms with Crippen LogP contribution in [0.1, 0.15) is 50.2 Å². The smallest absolute Gasteiger partial charge is 0.326 e. The van der Waals surface area contributed by atoms with Crippen LogP contribution >= 0.6 is 0 Å². The molecule has 0 aliphatic carbocycles. The highest BCUT2D eigenvalue weighted by Gasteiger charge is 2.25. The fraction of sp³-hybridized carbons (Fsp3) is 0.474. The van der Waals surface area contributed by atoms with Crippen LogP contribution in [0.4, 0.5) is 0 Å². The Bertz CT molecular complexity index is 515. The number of unbranched alkanes of at least 4 members (excludes halogenated alkanes) is 4. The highest BCUT2D eigenvalue weighted by Crippen LogP contribution is 2.17. The Morgan fingerprint density at radius 3 is 2.46 bits per heavy atom. The fourth-order valence-electron chi connectivity index (χ4n) is 2.52. The summed E-state index contributed by atoms with van der Waals surface area (Å²) in [6, 6.07) is 8.14. The van der Waals surface area contributed by atoms with Gasteiger partial charge in [-0.25, -0.2) is 4.79 Å². The van der Waals surface area contributed by atoms with Gasteiger partial charge in [0.25, 0.3) is 5.91 Å². The van der Waals surface area contributed by atoms with Gasteiger partial charge in [0.1, 0.15) is 6.04 Å². The summed E-state index contributed by atoms with van der Waals surface area (Å²) in [6.45, 7) is 3.68. The molecule has 0 aliphatic heterocycles. The maximum atomic E-state index is 12.4. The Balaban J connectivity index is 2.52. The number of aliphatic carboxylic acids is 1. The van der Waals surface area contributed by atoms with Gasteiger partial charge in [0.05, 0.1) is 0 Å². The fourth-order valence-corrected chi connectivity index (χ4v) is 2.52. The maximum Gasteiger partial charge on any atom is 0.326 e. The number of allylic oxidation sites excluding steroid dienone is 1. The third-order valence-corrected chi connectivity index (χ3v) is 3.84. The Hall–Kier alpha value is -2.14. The van der Waals surface area contributed by atoms with Gasteiger partial charge in [0, 0.05) is 7.11 Å². The minimum atomic E-state index is -1.02. The maximum absolute atomic E-state index is 12.4. The average molecular weight is 333 g/mol. The SMILES string of the molecule is C=CCCCCCC[C@@H](NC(=O)[C@H](OC)c1ccccc1)C(=O)O. The van der Waals surface area contributed by atoms with E-state index >= 15 is 0 Å². The number of ether oxygens (including phenoxy) is 1. The van der Waals surface area contributed by atoms with Gasteiger partial charge in [0.15, 0.2) is 6.10 Å². The number of rotatable bonds is 12. The molecule has 0 aromatic heterocycles. The lowest BCUT2D eigenvalue weighted by Crippen LogP contribution is -2.43. The number of carboxylic acid groups (broad SMARTS) is 1.